The summed E-state index contributed by atoms with van der Waals surface area (Å²) in [6.45, 7) is 0. The van der Waals surface area contributed by atoms with Crippen molar-refractivity contribution in [2.24, 2.45) is 0 Å². The van der Waals surface area contributed by atoms with E-state index in [1.165, 1.54) is 55.3 Å². The molecule has 6 rings (SSSR count). The van der Waals surface area contributed by atoms with E-state index in [9.17, 15) is 0 Å². The zero-order valence-corrected chi connectivity index (χ0v) is 19.0. The Kier molecular flexibility index (Phi) is 4.49. The standard InChI is InChI=1S/C29H18BrCl/c30-20-15-16-22-24(17-20)26(19-11-5-2-6-12-19)27-21-13-7-8-14-23(21)29(31)28(27)25(22)18-9-3-1-4-10-18/h1-17,29H. The fourth-order valence-corrected chi connectivity index (χ4v) is 5.71. The molecule has 5 aromatic rings. The van der Waals surface area contributed by atoms with Crippen LogP contribution in [0.2, 0.25) is 0 Å². The maximum absolute atomic E-state index is 7.21. The van der Waals surface area contributed by atoms with Gasteiger partial charge in [-0.15, -0.1) is 11.6 Å². The molecule has 0 saturated heterocycles. The zero-order chi connectivity index (χ0) is 20.9. The Morgan fingerprint density at radius 1 is 0.581 bits per heavy atom. The van der Waals surface area contributed by atoms with Crippen molar-refractivity contribution in [2.45, 2.75) is 5.38 Å². The van der Waals surface area contributed by atoms with Crippen LogP contribution < -0.4 is 0 Å². The molecule has 31 heavy (non-hydrogen) atoms. The average Bonchev–Trinajstić information content (AvgIpc) is 3.11. The second-order valence-electron chi connectivity index (χ2n) is 7.91. The highest BCUT2D eigenvalue weighted by atomic mass is 79.9. The summed E-state index contributed by atoms with van der Waals surface area (Å²) in [6.07, 6.45) is 0. The van der Waals surface area contributed by atoms with Gasteiger partial charge in [-0.3, -0.25) is 0 Å². The number of fused-ring (bicyclic) bond motifs is 4. The number of hydrogen-bond donors (Lipinski definition) is 0. The molecule has 0 aliphatic heterocycles. The molecule has 2 heteroatoms. The van der Waals surface area contributed by atoms with Crippen molar-refractivity contribution in [1.82, 2.24) is 0 Å². The van der Waals surface area contributed by atoms with Crippen LogP contribution in [0.3, 0.4) is 0 Å². The molecule has 1 aliphatic rings. The number of rotatable bonds is 2. The Morgan fingerprint density at radius 3 is 1.90 bits per heavy atom. The smallest absolute Gasteiger partial charge is 0.0853 e. The Hall–Kier alpha value is -2.87. The molecule has 0 saturated carbocycles. The summed E-state index contributed by atoms with van der Waals surface area (Å²) >= 11 is 10.9. The minimum Gasteiger partial charge on any atom is -0.113 e. The van der Waals surface area contributed by atoms with Gasteiger partial charge in [0.25, 0.3) is 0 Å². The second kappa shape index (κ2) is 7.37. The molecule has 0 N–H and O–H groups in total. The van der Waals surface area contributed by atoms with Gasteiger partial charge in [0.2, 0.25) is 0 Å². The van der Waals surface area contributed by atoms with Crippen molar-refractivity contribution in [3.8, 4) is 33.4 Å². The molecule has 1 unspecified atom stereocenters. The van der Waals surface area contributed by atoms with Gasteiger partial charge in [0.15, 0.2) is 0 Å². The van der Waals surface area contributed by atoms with Gasteiger partial charge in [0.1, 0.15) is 0 Å². The molecule has 0 radical (unpaired) electrons. The monoisotopic (exact) mass is 480 g/mol. The third-order valence-corrected chi connectivity index (χ3v) is 7.14. The van der Waals surface area contributed by atoms with Crippen LogP contribution in [0.25, 0.3) is 44.2 Å². The van der Waals surface area contributed by atoms with Gasteiger partial charge in [0, 0.05) is 4.47 Å². The van der Waals surface area contributed by atoms with Gasteiger partial charge in [0.05, 0.1) is 5.38 Å². The molecule has 1 aliphatic carbocycles. The van der Waals surface area contributed by atoms with Crippen molar-refractivity contribution >= 4 is 38.3 Å². The van der Waals surface area contributed by atoms with E-state index >= 15 is 0 Å². The molecule has 0 amide bonds. The van der Waals surface area contributed by atoms with Crippen molar-refractivity contribution in [1.29, 1.82) is 0 Å². The lowest BCUT2D eigenvalue weighted by Gasteiger charge is -2.21. The summed E-state index contributed by atoms with van der Waals surface area (Å²) in [7, 11) is 0. The highest BCUT2D eigenvalue weighted by Crippen LogP contribution is 2.57. The van der Waals surface area contributed by atoms with Crippen molar-refractivity contribution < 1.29 is 0 Å². The topological polar surface area (TPSA) is 0 Å². The van der Waals surface area contributed by atoms with Gasteiger partial charge < -0.3 is 0 Å². The molecule has 0 nitrogen and oxygen atoms in total. The van der Waals surface area contributed by atoms with Gasteiger partial charge in [-0.05, 0) is 67.4 Å². The number of hydrogen-bond acceptors (Lipinski definition) is 0. The van der Waals surface area contributed by atoms with E-state index in [0.29, 0.717) is 0 Å². The second-order valence-corrected chi connectivity index (χ2v) is 9.26. The van der Waals surface area contributed by atoms with E-state index in [-0.39, 0.29) is 5.38 Å². The van der Waals surface area contributed by atoms with Crippen molar-refractivity contribution in [3.63, 3.8) is 0 Å². The van der Waals surface area contributed by atoms with Crippen LogP contribution in [0, 0.1) is 0 Å². The number of benzene rings is 5. The Labute approximate surface area is 195 Å². The summed E-state index contributed by atoms with van der Waals surface area (Å²) in [5.74, 6) is 0. The SMILES string of the molecule is ClC1c2ccccc2-c2c1c(-c1ccccc1)c1ccc(Br)cc1c2-c1ccccc1. The molecule has 0 heterocycles. The molecule has 0 aromatic heterocycles. The van der Waals surface area contributed by atoms with Crippen LogP contribution in [0.5, 0.6) is 0 Å². The summed E-state index contributed by atoms with van der Waals surface area (Å²) in [6, 6.07) is 36.5. The van der Waals surface area contributed by atoms with E-state index < -0.39 is 0 Å². The third kappa shape index (κ3) is 2.88. The van der Waals surface area contributed by atoms with Crippen LogP contribution in [-0.4, -0.2) is 0 Å². The van der Waals surface area contributed by atoms with Crippen LogP contribution in [0.15, 0.2) is 108 Å². The van der Waals surface area contributed by atoms with Crippen LogP contribution >= 0.6 is 27.5 Å². The van der Waals surface area contributed by atoms with Crippen LogP contribution in [-0.2, 0) is 0 Å². The quantitative estimate of drug-likeness (QED) is 0.220. The van der Waals surface area contributed by atoms with E-state index in [4.69, 9.17) is 11.6 Å². The largest absolute Gasteiger partial charge is 0.113 e. The minimum absolute atomic E-state index is 0.183. The first-order valence-electron chi connectivity index (χ1n) is 10.4. The Balaban J connectivity index is 1.87. The normalized spacial score (nSPS) is 14.5. The molecular weight excluding hydrogens is 464 g/mol. The van der Waals surface area contributed by atoms with E-state index in [0.717, 1.165) is 4.47 Å². The molecule has 0 bridgehead atoms. The summed E-state index contributed by atoms with van der Waals surface area (Å²) in [4.78, 5) is 0. The lowest BCUT2D eigenvalue weighted by atomic mass is 9.83. The first-order chi connectivity index (χ1) is 15.2. The van der Waals surface area contributed by atoms with Gasteiger partial charge in [-0.1, -0.05) is 107 Å². The summed E-state index contributed by atoms with van der Waals surface area (Å²) in [5.41, 5.74) is 9.77. The molecule has 1 atom stereocenters. The maximum Gasteiger partial charge on any atom is 0.0853 e. The Bertz CT molecular complexity index is 1440. The zero-order valence-electron chi connectivity index (χ0n) is 16.6. The maximum atomic E-state index is 7.21. The molecule has 148 valence electrons. The first kappa shape index (κ1) is 18.9. The average molecular weight is 482 g/mol. The van der Waals surface area contributed by atoms with E-state index in [1.54, 1.807) is 0 Å². The molecule has 0 fully saturated rings. The van der Waals surface area contributed by atoms with Crippen molar-refractivity contribution in [3.05, 3.63) is 119 Å². The number of alkyl halides is 1. The predicted molar refractivity (Wildman–Crippen MR) is 136 cm³/mol. The van der Waals surface area contributed by atoms with E-state index in [2.05, 4.69) is 119 Å². The van der Waals surface area contributed by atoms with Gasteiger partial charge in [-0.25, -0.2) is 0 Å². The molecule has 5 aromatic carbocycles. The molecular formula is C29H18BrCl. The molecule has 0 spiro atoms. The lowest BCUT2D eigenvalue weighted by Crippen LogP contribution is -1.96. The number of halogens is 2. The highest BCUT2D eigenvalue weighted by Gasteiger charge is 2.34. The van der Waals surface area contributed by atoms with Gasteiger partial charge >= 0.3 is 0 Å². The fraction of sp³-hybridized carbons (Fsp3) is 0.0345. The van der Waals surface area contributed by atoms with Crippen LogP contribution in [0.4, 0.5) is 0 Å². The third-order valence-electron chi connectivity index (χ3n) is 6.19. The van der Waals surface area contributed by atoms with Gasteiger partial charge in [-0.2, -0.15) is 0 Å². The minimum atomic E-state index is -0.183. The highest BCUT2D eigenvalue weighted by molar-refractivity contribution is 9.10. The lowest BCUT2D eigenvalue weighted by molar-refractivity contribution is 1.21. The fourth-order valence-electron chi connectivity index (χ4n) is 4.94. The first-order valence-corrected chi connectivity index (χ1v) is 11.6. The predicted octanol–water partition coefficient (Wildman–Crippen LogP) is 9.24. The summed E-state index contributed by atoms with van der Waals surface area (Å²) in [5, 5.41) is 2.28. The Morgan fingerprint density at radius 2 is 1.19 bits per heavy atom. The van der Waals surface area contributed by atoms with Crippen LogP contribution in [0.1, 0.15) is 16.5 Å². The summed E-state index contributed by atoms with van der Waals surface area (Å²) < 4.78 is 1.07. The van der Waals surface area contributed by atoms with E-state index in [1.807, 2.05) is 0 Å². The van der Waals surface area contributed by atoms with Crippen molar-refractivity contribution in [2.75, 3.05) is 0 Å².